The molecule has 2 heterocycles. The van der Waals surface area contributed by atoms with Crippen molar-refractivity contribution in [2.24, 2.45) is 0 Å². The predicted octanol–water partition coefficient (Wildman–Crippen LogP) is 1.79. The molecule has 0 bridgehead atoms. The van der Waals surface area contributed by atoms with Gasteiger partial charge in [0.05, 0.1) is 12.1 Å². The van der Waals surface area contributed by atoms with E-state index in [1.807, 2.05) is 37.9 Å². The molecule has 0 atom stereocenters. The molecule has 1 aliphatic rings. The summed E-state index contributed by atoms with van der Waals surface area (Å²) < 4.78 is 0. The largest absolute Gasteiger partial charge is 0.315 e. The molecule has 3 rings (SSSR count). The van der Waals surface area contributed by atoms with E-state index in [0.29, 0.717) is 0 Å². The summed E-state index contributed by atoms with van der Waals surface area (Å²) in [5.41, 5.74) is 1.06. The van der Waals surface area contributed by atoms with E-state index in [4.69, 9.17) is 0 Å². The first-order valence-electron chi connectivity index (χ1n) is 4.95. The summed E-state index contributed by atoms with van der Waals surface area (Å²) in [6.45, 7) is 0.833. The Balaban J connectivity index is 0.000000144. The smallest absolute Gasteiger partial charge is 0.244 e. The van der Waals surface area contributed by atoms with E-state index in [1.54, 1.807) is 0 Å². The van der Waals surface area contributed by atoms with Gasteiger partial charge < -0.3 is 4.84 Å². The minimum absolute atomic E-state index is 0.833. The number of pyridine rings is 1. The molecular weight excluding hydrogens is 187 g/mol. The highest BCUT2D eigenvalue weighted by Gasteiger charge is 1.97. The fourth-order valence-corrected chi connectivity index (χ4v) is 1.31. The van der Waals surface area contributed by atoms with Crippen LogP contribution in [-0.4, -0.2) is 19.0 Å². The second-order valence-corrected chi connectivity index (χ2v) is 3.16. The molecule has 1 aromatic carbocycles. The Labute approximate surface area is 89.7 Å². The third-order valence-corrected chi connectivity index (χ3v) is 2.04. The van der Waals surface area contributed by atoms with E-state index >= 15 is 0 Å². The highest BCUT2D eigenvalue weighted by Crippen LogP contribution is 2.07. The Kier molecular flexibility index (Phi) is 3.71. The summed E-state index contributed by atoms with van der Waals surface area (Å²) in [4.78, 5) is 8.82. The van der Waals surface area contributed by atoms with Crippen molar-refractivity contribution in [3.8, 4) is 0 Å². The zero-order valence-electron chi connectivity index (χ0n) is 8.39. The molecule has 3 nitrogen and oxygen atoms in total. The third kappa shape index (κ3) is 3.04. The first-order chi connectivity index (χ1) is 7.47. The summed E-state index contributed by atoms with van der Waals surface area (Å²) in [5.74, 6) is 0. The van der Waals surface area contributed by atoms with Crippen LogP contribution in [0.15, 0.2) is 42.6 Å². The average molecular weight is 199 g/mol. The van der Waals surface area contributed by atoms with E-state index in [9.17, 15) is 0 Å². The van der Waals surface area contributed by atoms with E-state index in [-0.39, 0.29) is 0 Å². The summed E-state index contributed by atoms with van der Waals surface area (Å²) in [6.07, 6.45) is 2.85. The number of benzene rings is 1. The van der Waals surface area contributed by atoms with Crippen LogP contribution in [0.1, 0.15) is 0 Å². The number of fused-ring (bicyclic) bond motifs is 1. The molecule has 1 saturated heterocycles. The van der Waals surface area contributed by atoms with Gasteiger partial charge >= 0.3 is 0 Å². The molecule has 0 unspecified atom stereocenters. The fourth-order valence-electron chi connectivity index (χ4n) is 1.31. The molecule has 0 aliphatic carbocycles. The molecule has 0 amide bonds. The molecule has 2 aromatic rings. The van der Waals surface area contributed by atoms with Crippen molar-refractivity contribution in [1.29, 1.82) is 0 Å². The minimum atomic E-state index is 0.833. The lowest BCUT2D eigenvalue weighted by molar-refractivity contribution is 0.128. The lowest BCUT2D eigenvalue weighted by Crippen LogP contribution is -2.05. The Morgan fingerprint density at radius 1 is 1.20 bits per heavy atom. The molecule has 1 N–H and O–H groups in total. The summed E-state index contributed by atoms with van der Waals surface area (Å²) in [5, 5.41) is 3.80. The Hall–Kier alpha value is -1.39. The molecule has 1 radical (unpaired) electrons. The maximum atomic E-state index is 4.64. The van der Waals surface area contributed by atoms with Crippen LogP contribution in [0.3, 0.4) is 0 Å². The van der Waals surface area contributed by atoms with Crippen LogP contribution in [0.2, 0.25) is 6.32 Å². The molecule has 75 valence electrons. The molecule has 1 aromatic heterocycles. The van der Waals surface area contributed by atoms with Crippen LogP contribution in [0.4, 0.5) is 0 Å². The second kappa shape index (κ2) is 5.48. The van der Waals surface area contributed by atoms with Crippen LogP contribution < -0.4 is 5.39 Å². The van der Waals surface area contributed by atoms with Gasteiger partial charge in [-0.25, -0.2) is 0 Å². The van der Waals surface area contributed by atoms with Crippen molar-refractivity contribution in [1.82, 2.24) is 10.4 Å². The van der Waals surface area contributed by atoms with Gasteiger partial charge in [-0.1, -0.05) is 24.3 Å². The number of para-hydroxylation sites is 1. The molecule has 0 spiro atoms. The number of aromatic nitrogens is 1. The van der Waals surface area contributed by atoms with Crippen LogP contribution in [0, 0.1) is 0 Å². The number of hydrogen-bond donors (Lipinski definition) is 1. The van der Waals surface area contributed by atoms with E-state index in [2.05, 4.69) is 27.3 Å². The highest BCUT2D eigenvalue weighted by molar-refractivity contribution is 6.32. The van der Waals surface area contributed by atoms with Crippen molar-refractivity contribution >= 4 is 18.3 Å². The summed E-state index contributed by atoms with van der Waals surface area (Å²) >= 11 is 0. The quantitative estimate of drug-likeness (QED) is 0.656. The monoisotopic (exact) mass is 199 g/mol. The van der Waals surface area contributed by atoms with Gasteiger partial charge in [0, 0.05) is 11.6 Å². The van der Waals surface area contributed by atoms with Gasteiger partial charge in [-0.3, -0.25) is 10.4 Å². The van der Waals surface area contributed by atoms with Crippen LogP contribution >= 0.6 is 0 Å². The van der Waals surface area contributed by atoms with Gasteiger partial charge in [-0.15, -0.1) is 0 Å². The second-order valence-electron chi connectivity index (χ2n) is 3.16. The van der Waals surface area contributed by atoms with Gasteiger partial charge in [-0.2, -0.15) is 0 Å². The number of hydrogen-bond acceptors (Lipinski definition) is 3. The van der Waals surface area contributed by atoms with Crippen LogP contribution in [0.5, 0.6) is 0 Å². The van der Waals surface area contributed by atoms with Crippen molar-refractivity contribution in [3.63, 3.8) is 0 Å². The van der Waals surface area contributed by atoms with Gasteiger partial charge in [0.1, 0.15) is 0 Å². The SMILES string of the molecule is [B]1CCON1.c1ccc2ncccc2c1. The number of rotatable bonds is 0. The Morgan fingerprint density at radius 2 is 2.07 bits per heavy atom. The first kappa shape index (κ1) is 10.1. The van der Waals surface area contributed by atoms with E-state index in [1.165, 1.54) is 5.39 Å². The van der Waals surface area contributed by atoms with E-state index in [0.717, 1.165) is 18.4 Å². The average Bonchev–Trinajstić information content (AvgIpc) is 2.88. The highest BCUT2D eigenvalue weighted by atomic mass is 16.6. The lowest BCUT2D eigenvalue weighted by Gasteiger charge is -1.91. The molecule has 0 saturated carbocycles. The molecule has 1 fully saturated rings. The standard InChI is InChI=1S/C9H7N.C2H5BNO/c1-2-6-9-8(4-1)5-3-7-10-9;1-2-5-4-3-1/h1-7H;4H,1-2H2. The third-order valence-electron chi connectivity index (χ3n) is 2.04. The number of nitrogens with zero attached hydrogens (tertiary/aromatic N) is 1. The minimum Gasteiger partial charge on any atom is -0.315 e. The van der Waals surface area contributed by atoms with Crippen molar-refractivity contribution < 1.29 is 4.84 Å². The number of nitrogens with one attached hydrogen (secondary N) is 1. The molecule has 1 aliphatic heterocycles. The van der Waals surface area contributed by atoms with Crippen molar-refractivity contribution in [3.05, 3.63) is 42.6 Å². The summed E-state index contributed by atoms with van der Waals surface area (Å²) in [6, 6.07) is 12.1. The Morgan fingerprint density at radius 3 is 2.73 bits per heavy atom. The van der Waals surface area contributed by atoms with Gasteiger partial charge in [-0.05, 0) is 18.5 Å². The lowest BCUT2D eigenvalue weighted by atomic mass is 9.94. The molecule has 4 heteroatoms. The maximum absolute atomic E-state index is 4.64. The van der Waals surface area contributed by atoms with Gasteiger partial charge in [0.2, 0.25) is 7.41 Å². The topological polar surface area (TPSA) is 34.1 Å². The normalized spacial score (nSPS) is 14.1. The van der Waals surface area contributed by atoms with Gasteiger partial charge in [0.25, 0.3) is 0 Å². The fraction of sp³-hybridized carbons (Fsp3) is 0.182. The zero-order valence-corrected chi connectivity index (χ0v) is 8.39. The molecular formula is C11H12BN2O. The first-order valence-corrected chi connectivity index (χ1v) is 4.95. The zero-order chi connectivity index (χ0) is 10.3. The summed E-state index contributed by atoms with van der Waals surface area (Å²) in [7, 11) is 1.89. The van der Waals surface area contributed by atoms with Gasteiger partial charge in [0.15, 0.2) is 0 Å². The van der Waals surface area contributed by atoms with Crippen LogP contribution in [-0.2, 0) is 4.84 Å². The predicted molar refractivity (Wildman–Crippen MR) is 61.4 cm³/mol. The van der Waals surface area contributed by atoms with E-state index < -0.39 is 0 Å². The van der Waals surface area contributed by atoms with Crippen molar-refractivity contribution in [2.75, 3.05) is 6.61 Å². The van der Waals surface area contributed by atoms with Crippen molar-refractivity contribution in [2.45, 2.75) is 6.32 Å². The Bertz CT molecular complexity index is 345. The molecule has 15 heavy (non-hydrogen) atoms. The maximum Gasteiger partial charge on any atom is 0.244 e. The van der Waals surface area contributed by atoms with Crippen LogP contribution in [0.25, 0.3) is 10.9 Å².